The number of benzene rings is 4. The number of nitrogens with one attached hydrogen (secondary N) is 2. The van der Waals surface area contributed by atoms with Crippen molar-refractivity contribution in [1.82, 2.24) is 10.6 Å². The van der Waals surface area contributed by atoms with Gasteiger partial charge >= 0.3 is 12.1 Å². The summed E-state index contributed by atoms with van der Waals surface area (Å²) in [5.74, 6) is -1.37. The first-order valence-corrected chi connectivity index (χ1v) is 21.0. The molecule has 1 aliphatic rings. The molecule has 2 amide bonds. The van der Waals surface area contributed by atoms with Gasteiger partial charge in [0.05, 0.1) is 39.1 Å². The summed E-state index contributed by atoms with van der Waals surface area (Å²) >= 11 is 0. The van der Waals surface area contributed by atoms with Crippen LogP contribution in [0.4, 0.5) is 4.79 Å². The maximum Gasteiger partial charge on any atom is 0.408 e. The molecule has 0 bridgehead atoms. The zero-order valence-electron chi connectivity index (χ0n) is 35.9. The zero-order chi connectivity index (χ0) is 43.7. The number of esters is 1. The summed E-state index contributed by atoms with van der Waals surface area (Å²) < 4.78 is 37.4. The van der Waals surface area contributed by atoms with Crippen LogP contribution < -0.4 is 10.6 Å². The highest BCUT2D eigenvalue weighted by molar-refractivity contribution is 5.87. The van der Waals surface area contributed by atoms with Gasteiger partial charge in [-0.1, -0.05) is 121 Å². The van der Waals surface area contributed by atoms with Gasteiger partial charge in [0.15, 0.2) is 5.78 Å². The van der Waals surface area contributed by atoms with Crippen molar-refractivity contribution in [1.29, 1.82) is 0 Å². The molecule has 4 aromatic carbocycles. The number of rotatable bonds is 21. The van der Waals surface area contributed by atoms with E-state index in [9.17, 15) is 19.2 Å². The quantitative estimate of drug-likeness (QED) is 0.0812. The summed E-state index contributed by atoms with van der Waals surface area (Å²) in [6.45, 7) is 9.07. The predicted molar refractivity (Wildman–Crippen MR) is 230 cm³/mol. The van der Waals surface area contributed by atoms with Crippen LogP contribution >= 0.6 is 0 Å². The highest BCUT2D eigenvalue weighted by Crippen LogP contribution is 2.31. The number of carbonyl (C=O) groups excluding carboxylic acids is 4. The minimum absolute atomic E-state index is 0.0313. The van der Waals surface area contributed by atoms with E-state index in [-0.39, 0.29) is 70.4 Å². The molecule has 0 radical (unpaired) electrons. The highest BCUT2D eigenvalue weighted by Gasteiger charge is 2.51. The molecule has 0 aromatic heterocycles. The number of amides is 2. The first-order chi connectivity index (χ1) is 29.4. The van der Waals surface area contributed by atoms with E-state index in [4.69, 9.17) is 28.4 Å². The van der Waals surface area contributed by atoms with Gasteiger partial charge in [-0.3, -0.25) is 9.59 Å². The van der Waals surface area contributed by atoms with Gasteiger partial charge in [-0.05, 0) is 62.8 Å². The van der Waals surface area contributed by atoms with Gasteiger partial charge in [-0.15, -0.1) is 0 Å². The van der Waals surface area contributed by atoms with Crippen molar-refractivity contribution in [3.8, 4) is 0 Å². The molecule has 1 saturated heterocycles. The Labute approximate surface area is 359 Å². The molecule has 2 N–H and O–H groups in total. The molecule has 12 nitrogen and oxygen atoms in total. The van der Waals surface area contributed by atoms with Crippen LogP contribution in [0.3, 0.4) is 0 Å². The average Bonchev–Trinajstić information content (AvgIpc) is 3.23. The third-order valence-corrected chi connectivity index (χ3v) is 10.1. The minimum Gasteiger partial charge on any atom is -0.464 e. The summed E-state index contributed by atoms with van der Waals surface area (Å²) in [7, 11) is 0. The van der Waals surface area contributed by atoms with Crippen LogP contribution in [0.25, 0.3) is 0 Å². The smallest absolute Gasteiger partial charge is 0.408 e. The standard InChI is InChI=1S/C49H60N2O10/c1-6-57-46(54)49(30-36-20-11-7-12-21-36,51-47(55)61-48(3,4)5)29-19-28-40(53)43-42(50-35(2)52)45(59-33-39-26-17-10-18-27-39)44(58-32-38-24-15-9-16-25-38)41(60-43)34-56-31-37-22-13-8-14-23-37/h7-18,20-27,41-45H,6,19,28-34H2,1-5H3,(H,50,52)(H,51,55)/t41-,42+,43+,44-,45-,49-/m1/s1. The molecule has 0 saturated carbocycles. The number of alkyl carbamates (subject to hydrolysis) is 1. The van der Waals surface area contributed by atoms with Crippen LogP contribution in [0.2, 0.25) is 0 Å². The Morgan fingerprint density at radius 2 is 1.20 bits per heavy atom. The van der Waals surface area contributed by atoms with Crippen molar-refractivity contribution in [2.24, 2.45) is 0 Å². The van der Waals surface area contributed by atoms with Crippen molar-refractivity contribution in [2.45, 2.75) is 122 Å². The molecule has 6 atom stereocenters. The van der Waals surface area contributed by atoms with Gasteiger partial charge in [-0.25, -0.2) is 9.59 Å². The fourth-order valence-electron chi connectivity index (χ4n) is 7.38. The Bertz CT molecular complexity index is 1960. The van der Waals surface area contributed by atoms with Gasteiger partial charge in [-0.2, -0.15) is 0 Å². The van der Waals surface area contributed by atoms with Crippen LogP contribution in [0.15, 0.2) is 121 Å². The monoisotopic (exact) mass is 836 g/mol. The molecular formula is C49H60N2O10. The number of ether oxygens (including phenoxy) is 6. The molecule has 1 heterocycles. The van der Waals surface area contributed by atoms with Crippen molar-refractivity contribution in [3.05, 3.63) is 144 Å². The van der Waals surface area contributed by atoms with Crippen LogP contribution in [0.5, 0.6) is 0 Å². The highest BCUT2D eigenvalue weighted by atomic mass is 16.6. The third-order valence-electron chi connectivity index (χ3n) is 10.1. The predicted octanol–water partition coefficient (Wildman–Crippen LogP) is 7.45. The van der Waals surface area contributed by atoms with E-state index in [1.165, 1.54) is 6.92 Å². The van der Waals surface area contributed by atoms with Crippen LogP contribution in [0, 0.1) is 0 Å². The maximum atomic E-state index is 14.6. The fraction of sp³-hybridized carbons (Fsp3) is 0.429. The maximum absolute atomic E-state index is 14.6. The Kier molecular flexibility index (Phi) is 17.6. The van der Waals surface area contributed by atoms with Gasteiger partial charge in [0.25, 0.3) is 0 Å². The molecule has 0 unspecified atom stereocenters. The first kappa shape index (κ1) is 46.7. The number of carbonyl (C=O) groups is 4. The minimum atomic E-state index is -1.57. The summed E-state index contributed by atoms with van der Waals surface area (Å²) in [6.07, 6.45) is -4.21. The van der Waals surface area contributed by atoms with E-state index in [1.54, 1.807) is 27.7 Å². The Hall–Kier alpha value is -5.40. The Morgan fingerprint density at radius 3 is 1.70 bits per heavy atom. The lowest BCUT2D eigenvalue weighted by molar-refractivity contribution is -0.230. The van der Waals surface area contributed by atoms with E-state index < -0.39 is 53.7 Å². The second kappa shape index (κ2) is 23.0. The summed E-state index contributed by atoms with van der Waals surface area (Å²) in [6, 6.07) is 37.3. The van der Waals surface area contributed by atoms with Crippen molar-refractivity contribution < 1.29 is 47.6 Å². The van der Waals surface area contributed by atoms with Gasteiger partial charge in [0.1, 0.15) is 35.6 Å². The summed E-state index contributed by atoms with van der Waals surface area (Å²) in [5.41, 5.74) is 1.13. The molecule has 0 aliphatic carbocycles. The number of Topliss-reactive ketones (excluding diaryl/α,β-unsaturated/α-hetero) is 1. The topological polar surface area (TPSA) is 148 Å². The third kappa shape index (κ3) is 14.6. The fourth-order valence-corrected chi connectivity index (χ4v) is 7.38. The largest absolute Gasteiger partial charge is 0.464 e. The molecular weight excluding hydrogens is 777 g/mol. The van der Waals surface area contributed by atoms with Crippen molar-refractivity contribution >= 4 is 23.8 Å². The molecule has 1 aliphatic heterocycles. The second-order valence-corrected chi connectivity index (χ2v) is 16.3. The number of hydrogen-bond donors (Lipinski definition) is 2. The lowest BCUT2D eigenvalue weighted by atomic mass is 9.84. The van der Waals surface area contributed by atoms with E-state index in [0.717, 1.165) is 22.3 Å². The first-order valence-electron chi connectivity index (χ1n) is 21.0. The lowest BCUT2D eigenvalue weighted by Crippen LogP contribution is -2.67. The van der Waals surface area contributed by atoms with Crippen molar-refractivity contribution in [3.63, 3.8) is 0 Å². The Morgan fingerprint density at radius 1 is 0.689 bits per heavy atom. The van der Waals surface area contributed by atoms with E-state index in [2.05, 4.69) is 10.6 Å². The molecule has 12 heteroatoms. The molecule has 1 fully saturated rings. The molecule has 0 spiro atoms. The van der Waals surface area contributed by atoms with Crippen LogP contribution in [0.1, 0.15) is 76.1 Å². The van der Waals surface area contributed by atoms with Gasteiger partial charge < -0.3 is 39.1 Å². The van der Waals surface area contributed by atoms with Crippen molar-refractivity contribution in [2.75, 3.05) is 13.2 Å². The van der Waals surface area contributed by atoms with E-state index in [0.29, 0.717) is 0 Å². The average molecular weight is 837 g/mol. The lowest BCUT2D eigenvalue weighted by Gasteiger charge is -2.46. The summed E-state index contributed by atoms with van der Waals surface area (Å²) in [5, 5.41) is 5.81. The van der Waals surface area contributed by atoms with E-state index in [1.807, 2.05) is 121 Å². The zero-order valence-corrected chi connectivity index (χ0v) is 35.9. The molecule has 4 aromatic rings. The van der Waals surface area contributed by atoms with Gasteiger partial charge in [0, 0.05) is 19.8 Å². The van der Waals surface area contributed by atoms with Gasteiger partial charge in [0.2, 0.25) is 5.91 Å². The second-order valence-electron chi connectivity index (χ2n) is 16.3. The molecule has 5 rings (SSSR count). The molecule has 61 heavy (non-hydrogen) atoms. The van der Waals surface area contributed by atoms with Crippen LogP contribution in [-0.4, -0.2) is 78.6 Å². The van der Waals surface area contributed by atoms with Crippen LogP contribution in [-0.2, 0) is 69.0 Å². The number of ketones is 1. The SMILES string of the molecule is CCOC(=O)[C@@](CCCC(=O)[C@@H]1O[C@H](COCc2ccccc2)[C@@H](OCc2ccccc2)[C@H](OCc2ccccc2)[C@H]1NC(C)=O)(Cc1ccccc1)NC(=O)OC(C)(C)C. The summed E-state index contributed by atoms with van der Waals surface area (Å²) in [4.78, 5) is 54.8. The number of hydrogen-bond acceptors (Lipinski definition) is 10. The Balaban J connectivity index is 1.45. The normalized spacial score (nSPS) is 19.9. The molecule has 326 valence electrons. The van der Waals surface area contributed by atoms with E-state index >= 15 is 0 Å².